The van der Waals surface area contributed by atoms with Crippen molar-refractivity contribution < 1.29 is 0 Å². The zero-order valence-electron chi connectivity index (χ0n) is 24.8. The molecule has 0 aliphatic rings. The van der Waals surface area contributed by atoms with Crippen LogP contribution in [0.5, 0.6) is 0 Å². The van der Waals surface area contributed by atoms with Crippen molar-refractivity contribution in [2.45, 2.75) is 5.14 Å². The van der Waals surface area contributed by atoms with Gasteiger partial charge >= 0.3 is 317 Å². The quantitative estimate of drug-likeness (QED) is 0.105. The van der Waals surface area contributed by atoms with E-state index < -0.39 is 15.9 Å². The van der Waals surface area contributed by atoms with Crippen LogP contribution in [0.15, 0.2) is 182 Å². The predicted octanol–water partition coefficient (Wildman–Crippen LogP) is 4.58. The van der Waals surface area contributed by atoms with E-state index in [-0.39, 0.29) is 0 Å². The molecule has 0 atom stereocenters. The first-order chi connectivity index (χ1) is 22.8. The van der Waals surface area contributed by atoms with Crippen LogP contribution in [-0.2, 0) is 0 Å². The summed E-state index contributed by atoms with van der Waals surface area (Å²) >= 11 is 3.15. The maximum absolute atomic E-state index is 2.44. The summed E-state index contributed by atoms with van der Waals surface area (Å²) in [4.78, 5) is 0. The average Bonchev–Trinajstić information content (AvgIpc) is 3.11. The molecule has 0 saturated carbocycles. The second-order valence-corrected chi connectivity index (χ2v) is 58.5. The van der Waals surface area contributed by atoms with Crippen LogP contribution in [0.25, 0.3) is 0 Å². The molecule has 0 aliphatic carbocycles. The maximum atomic E-state index is 2.44. The number of benzene rings is 6. The first-order valence-electron chi connectivity index (χ1n) is 14.8. The minimum absolute atomic E-state index is 0.525. The van der Waals surface area contributed by atoms with Crippen molar-refractivity contribution in [3.63, 3.8) is 0 Å². The van der Waals surface area contributed by atoms with Crippen molar-refractivity contribution in [2.24, 2.45) is 0 Å². The average molecular weight is 1050 g/mol. The van der Waals surface area contributed by atoms with Gasteiger partial charge in [0.15, 0.2) is 0 Å². The summed E-state index contributed by atoms with van der Waals surface area (Å²) in [6.45, 7) is 0. The normalized spacial score (nSPS) is 11.5. The third-order valence-electron chi connectivity index (χ3n) is 6.48. The number of hydrogen-bond acceptors (Lipinski definition) is 0. The van der Waals surface area contributed by atoms with E-state index in [1.807, 2.05) is 0 Å². The molecule has 0 amide bonds. The summed E-state index contributed by atoms with van der Waals surface area (Å²) in [5.74, 6) is 0. The molecule has 0 radical (unpaired) electrons. The second kappa shape index (κ2) is 19.8. The van der Waals surface area contributed by atoms with Gasteiger partial charge in [-0.2, -0.15) is 0 Å². The molecule has 0 unspecified atom stereocenters. The predicted molar refractivity (Wildman–Crippen MR) is 220 cm³/mol. The summed E-state index contributed by atoms with van der Waals surface area (Å²) in [7, 11) is 0. The molecule has 0 bridgehead atoms. The summed E-state index contributed by atoms with van der Waals surface area (Å²) < 4.78 is 9.71. The molecule has 0 aliphatic heterocycles. The van der Waals surface area contributed by atoms with Crippen LogP contribution >= 0.6 is 15.9 Å². The van der Waals surface area contributed by atoms with Gasteiger partial charge in [0.05, 0.1) is 0 Å². The Hall–Kier alpha value is -0.273. The van der Waals surface area contributed by atoms with E-state index in [9.17, 15) is 0 Å². The van der Waals surface area contributed by atoms with Crippen molar-refractivity contribution in [3.05, 3.63) is 182 Å². The third-order valence-corrected chi connectivity index (χ3v) is 77.7. The van der Waals surface area contributed by atoms with E-state index in [1.165, 1.54) is 0 Å². The number of rotatable bonds is 15. The van der Waals surface area contributed by atoms with Crippen molar-refractivity contribution >= 4 is 130 Å². The van der Waals surface area contributed by atoms with Gasteiger partial charge in [0, 0.05) is 0 Å². The molecule has 0 saturated heterocycles. The van der Waals surface area contributed by atoms with Gasteiger partial charge in [0.1, 0.15) is 0 Å². The molecule has 6 aromatic carbocycles. The Balaban J connectivity index is 1.50. The Morgan fingerprint density at radius 3 is 0.543 bits per heavy atom. The fourth-order valence-corrected chi connectivity index (χ4v) is 132. The fourth-order valence-electron chi connectivity index (χ4n) is 4.33. The molecule has 0 spiro atoms. The zero-order chi connectivity index (χ0) is 31.2. The number of hydrogen-bond donors (Lipinski definition) is 0. The molecule has 0 aromatic heterocycles. The Bertz CT molecular complexity index is 1370. The molecule has 6 rings (SSSR count). The van der Waals surface area contributed by atoms with Gasteiger partial charge in [0.2, 0.25) is 0 Å². The summed E-state index contributed by atoms with van der Waals surface area (Å²) in [5.41, 5.74) is 0. The summed E-state index contributed by atoms with van der Waals surface area (Å²) in [6.07, 6.45) is 0. The van der Waals surface area contributed by atoms with Gasteiger partial charge in [0.25, 0.3) is 0 Å². The Morgan fingerprint density at radius 2 is 0.391 bits per heavy atom. The van der Waals surface area contributed by atoms with Crippen molar-refractivity contribution in [1.82, 2.24) is 0 Å². The SMILES string of the molecule is c1ccc([Se][PH+]([Se]c2ccccc2)C([PH+]([Se]c2ccccc2)[Se]c2ccccc2)[PH+]([Se]c2ccccc2)[Se]c2ccccc2)cc1. The molecule has 0 fully saturated rings. The molecule has 0 N–H and O–H groups in total. The molecule has 9 heteroatoms. The van der Waals surface area contributed by atoms with Crippen LogP contribution in [0, 0.1) is 0 Å². The van der Waals surface area contributed by atoms with Crippen molar-refractivity contribution in [1.29, 1.82) is 0 Å². The van der Waals surface area contributed by atoms with Crippen molar-refractivity contribution in [3.8, 4) is 0 Å². The topological polar surface area (TPSA) is 0 Å². The standard InChI is InChI=1S/C37H31P3Se6/c1-7-19-31(20-8-1)41-38(42-32-21-9-2-10-22-32)37(39(43-33-23-11-3-12-24-33)44-34-25-13-4-14-26-34)40(45-35-27-15-5-16-28-35)46-36-29-17-6-18-30-36/h1-30,37H/p+3. The fraction of sp³-hybridized carbons (Fsp3) is 0.0270. The third kappa shape index (κ3) is 11.4. The van der Waals surface area contributed by atoms with Gasteiger partial charge < -0.3 is 0 Å². The summed E-state index contributed by atoms with van der Waals surface area (Å²) in [6, 6.07) is 69.9. The first-order valence-corrected chi connectivity index (χ1v) is 39.5. The van der Waals surface area contributed by atoms with E-state index >= 15 is 0 Å². The van der Waals surface area contributed by atoms with Crippen LogP contribution in [-0.4, -0.2) is 92.2 Å². The van der Waals surface area contributed by atoms with Gasteiger partial charge in [-0.25, -0.2) is 0 Å². The van der Waals surface area contributed by atoms with Crippen LogP contribution in [0.1, 0.15) is 0 Å². The minimum atomic E-state index is -0.683. The Labute approximate surface area is 313 Å². The van der Waals surface area contributed by atoms with Crippen LogP contribution in [0.2, 0.25) is 0 Å². The molecule has 6 aromatic rings. The molecule has 0 nitrogen and oxygen atoms in total. The van der Waals surface area contributed by atoms with Crippen LogP contribution in [0.3, 0.4) is 0 Å². The second-order valence-electron chi connectivity index (χ2n) is 9.88. The summed E-state index contributed by atoms with van der Waals surface area (Å²) in [5, 5.41) is -1.10. The van der Waals surface area contributed by atoms with E-state index in [2.05, 4.69) is 182 Å². The Morgan fingerprint density at radius 1 is 0.239 bits per heavy atom. The van der Waals surface area contributed by atoms with Gasteiger partial charge in [-0.3, -0.25) is 0 Å². The van der Waals surface area contributed by atoms with Gasteiger partial charge in [-0.1, -0.05) is 0 Å². The first kappa shape index (κ1) is 35.5. The van der Waals surface area contributed by atoms with Gasteiger partial charge in [-0.15, -0.1) is 0 Å². The van der Waals surface area contributed by atoms with Crippen LogP contribution < -0.4 is 26.8 Å². The van der Waals surface area contributed by atoms with Gasteiger partial charge in [-0.05, 0) is 0 Å². The van der Waals surface area contributed by atoms with Crippen molar-refractivity contribution in [2.75, 3.05) is 0 Å². The van der Waals surface area contributed by atoms with E-state index in [0.717, 1.165) is 5.14 Å². The zero-order valence-corrected chi connectivity index (χ0v) is 38.1. The molecular formula is C37H34P3Se6+3. The van der Waals surface area contributed by atoms with E-state index in [0.29, 0.717) is 87.1 Å². The molecule has 46 heavy (non-hydrogen) atoms. The monoisotopic (exact) mass is 1050 g/mol. The van der Waals surface area contributed by atoms with Crippen LogP contribution in [0.4, 0.5) is 0 Å². The van der Waals surface area contributed by atoms with E-state index in [1.54, 1.807) is 26.8 Å². The molecular weight excluding hydrogens is 1010 g/mol. The molecule has 230 valence electrons. The molecule has 0 heterocycles. The van der Waals surface area contributed by atoms with E-state index in [4.69, 9.17) is 0 Å². The Kier molecular flexibility index (Phi) is 15.3.